The summed E-state index contributed by atoms with van der Waals surface area (Å²) in [6.45, 7) is 8.33. The van der Waals surface area contributed by atoms with Crippen molar-refractivity contribution in [2.75, 3.05) is 0 Å². The summed E-state index contributed by atoms with van der Waals surface area (Å²) in [6.07, 6.45) is 1.59. The first-order valence-corrected chi connectivity index (χ1v) is 8.29. The van der Waals surface area contributed by atoms with Crippen molar-refractivity contribution in [1.82, 2.24) is 24.3 Å². The van der Waals surface area contributed by atoms with Crippen LogP contribution in [0.4, 0.5) is 0 Å². The number of hydrogen-bond donors (Lipinski definition) is 0. The molecule has 135 valence electrons. The molecule has 0 atom stereocenters. The van der Waals surface area contributed by atoms with E-state index in [0.717, 1.165) is 33.9 Å². The summed E-state index contributed by atoms with van der Waals surface area (Å²) in [5.74, 6) is 1.73. The Hall–Kier alpha value is -2.30. The summed E-state index contributed by atoms with van der Waals surface area (Å²) < 4.78 is 3.98. The smallest absolute Gasteiger partial charge is 0.127 e. The first-order chi connectivity index (χ1) is 12.0. The van der Waals surface area contributed by atoms with Gasteiger partial charge >= 0.3 is 0 Å². The zero-order valence-corrected chi connectivity index (χ0v) is 17.9. The largest absolute Gasteiger partial charge is 0.349 e. The molecule has 0 aliphatic carbocycles. The van der Waals surface area contributed by atoms with Gasteiger partial charge in [-0.25, -0.2) is 0 Å². The molecule has 0 fully saturated rings. The van der Waals surface area contributed by atoms with Crippen LogP contribution in [0.5, 0.6) is 0 Å². The molecule has 2 aromatic carbocycles. The van der Waals surface area contributed by atoms with Crippen LogP contribution in [-0.4, -0.2) is 24.3 Å². The number of aryl methyl sites for hydroxylation is 5. The molecule has 1 radical (unpaired) electrons. The topological polar surface area (TPSA) is 48.5 Å². The predicted octanol–water partition coefficient (Wildman–Crippen LogP) is 3.85. The molecule has 5 nitrogen and oxygen atoms in total. The molecule has 0 unspecified atom stereocenters. The van der Waals surface area contributed by atoms with Crippen molar-refractivity contribution in [2.24, 2.45) is 7.05 Å². The van der Waals surface area contributed by atoms with E-state index in [9.17, 15) is 0 Å². The Morgan fingerprint density at radius 3 is 2.42 bits per heavy atom. The Labute approximate surface area is 166 Å². The van der Waals surface area contributed by atoms with Gasteiger partial charge in [-0.3, -0.25) is 14.6 Å². The third-order valence-corrected chi connectivity index (χ3v) is 4.69. The Balaban J connectivity index is 0.00000196. The minimum Gasteiger partial charge on any atom is -0.349 e. The van der Waals surface area contributed by atoms with Gasteiger partial charge in [-0.2, -0.15) is 5.10 Å². The molecule has 0 amide bonds. The second kappa shape index (κ2) is 6.78. The van der Waals surface area contributed by atoms with E-state index < -0.39 is 0 Å². The molecule has 2 aromatic heterocycles. The molecule has 4 rings (SSSR count). The van der Waals surface area contributed by atoms with Crippen LogP contribution in [0.3, 0.4) is 0 Å². The molecule has 0 N–H and O–H groups in total. The van der Waals surface area contributed by atoms with Crippen molar-refractivity contribution in [3.8, 4) is 17.1 Å². The zero-order chi connectivity index (χ0) is 17.7. The summed E-state index contributed by atoms with van der Waals surface area (Å²) in [7, 11) is 2.02. The van der Waals surface area contributed by atoms with Crippen LogP contribution in [0, 0.1) is 33.8 Å². The third-order valence-electron chi connectivity index (χ3n) is 4.69. The number of nitrogens with zero attached hydrogens (tertiary/aromatic N) is 5. The molecule has 0 bridgehead atoms. The van der Waals surface area contributed by atoms with E-state index in [4.69, 9.17) is 4.98 Å². The molecule has 0 aliphatic rings. The molecule has 26 heavy (non-hydrogen) atoms. The van der Waals surface area contributed by atoms with E-state index in [1.165, 1.54) is 16.7 Å². The quantitative estimate of drug-likeness (QED) is 0.376. The summed E-state index contributed by atoms with van der Waals surface area (Å²) in [4.78, 5) is 9.24. The Morgan fingerprint density at radius 2 is 1.73 bits per heavy atom. The van der Waals surface area contributed by atoms with Crippen LogP contribution in [0.15, 0.2) is 30.6 Å². The van der Waals surface area contributed by atoms with E-state index in [0.29, 0.717) is 0 Å². The minimum absolute atomic E-state index is 0. The van der Waals surface area contributed by atoms with Gasteiger partial charge in [0, 0.05) is 32.7 Å². The van der Waals surface area contributed by atoms with Gasteiger partial charge in [0.25, 0.3) is 0 Å². The maximum atomic E-state index is 4.71. The molecule has 0 spiro atoms. The summed E-state index contributed by atoms with van der Waals surface area (Å²) in [5.41, 5.74) is 7.50. The van der Waals surface area contributed by atoms with Crippen LogP contribution in [-0.2, 0) is 27.2 Å². The van der Waals surface area contributed by atoms with E-state index in [1.807, 2.05) is 30.8 Å². The predicted molar refractivity (Wildman–Crippen MR) is 98.9 cm³/mol. The normalized spacial score (nSPS) is 11.0. The number of imidazole rings is 1. The standard InChI is InChI=1S/C20H20N5.Ir/c1-12-9-13(2)19(14(3)10-12)25-20(21-11-22-25)16-7-6-8-17-18(16)23-15(4)24(17)5;/h6,8-11H,1-5H3;/q-1;. The van der Waals surface area contributed by atoms with Crippen LogP contribution in [0.25, 0.3) is 28.1 Å². The van der Waals surface area contributed by atoms with Crippen LogP contribution in [0.2, 0.25) is 0 Å². The zero-order valence-electron chi connectivity index (χ0n) is 15.5. The van der Waals surface area contributed by atoms with Gasteiger partial charge in [-0.05, 0) is 44.3 Å². The van der Waals surface area contributed by atoms with Gasteiger partial charge in [-0.1, -0.05) is 23.3 Å². The molecular formula is C20H20IrN5-. The fourth-order valence-corrected chi connectivity index (χ4v) is 3.53. The van der Waals surface area contributed by atoms with Gasteiger partial charge in [0.1, 0.15) is 6.33 Å². The molecule has 2 heterocycles. The number of hydrogen-bond acceptors (Lipinski definition) is 3. The van der Waals surface area contributed by atoms with Gasteiger partial charge in [0.15, 0.2) is 0 Å². The Kier molecular flexibility index (Phi) is 4.82. The minimum atomic E-state index is 0. The van der Waals surface area contributed by atoms with Crippen molar-refractivity contribution >= 4 is 11.0 Å². The van der Waals surface area contributed by atoms with Crippen molar-refractivity contribution in [2.45, 2.75) is 27.7 Å². The van der Waals surface area contributed by atoms with Gasteiger partial charge in [0.2, 0.25) is 0 Å². The SMILES string of the molecule is Cc1cc(C)c(-n2ncnc2-c2[c-]ccc3c2nc(C)n3C)c(C)c1.[Ir]. The van der Waals surface area contributed by atoms with Crippen LogP contribution >= 0.6 is 0 Å². The maximum absolute atomic E-state index is 4.71. The first-order valence-electron chi connectivity index (χ1n) is 8.29. The van der Waals surface area contributed by atoms with E-state index in [2.05, 4.69) is 53.6 Å². The Bertz CT molecular complexity index is 1080. The summed E-state index contributed by atoms with van der Waals surface area (Å²) in [5, 5.41) is 4.50. The molecule has 4 aromatic rings. The van der Waals surface area contributed by atoms with Crippen molar-refractivity contribution in [3.05, 3.63) is 59.2 Å². The number of benzene rings is 2. The number of aromatic nitrogens is 5. The van der Waals surface area contributed by atoms with E-state index in [1.54, 1.807) is 6.33 Å². The van der Waals surface area contributed by atoms with Crippen LogP contribution in [0.1, 0.15) is 22.5 Å². The third kappa shape index (κ3) is 2.79. The second-order valence-corrected chi connectivity index (χ2v) is 6.55. The average Bonchev–Trinajstić information content (AvgIpc) is 3.12. The van der Waals surface area contributed by atoms with Gasteiger partial charge < -0.3 is 4.57 Å². The average molecular weight is 523 g/mol. The van der Waals surface area contributed by atoms with Gasteiger partial charge in [0.05, 0.1) is 17.3 Å². The summed E-state index contributed by atoms with van der Waals surface area (Å²) in [6, 6.07) is 11.6. The maximum Gasteiger partial charge on any atom is 0.127 e. The monoisotopic (exact) mass is 523 g/mol. The van der Waals surface area contributed by atoms with Crippen molar-refractivity contribution in [1.29, 1.82) is 0 Å². The molecule has 6 heteroatoms. The molecule has 0 saturated carbocycles. The first kappa shape index (κ1) is 18.5. The number of fused-ring (bicyclic) bond motifs is 1. The van der Waals surface area contributed by atoms with E-state index in [-0.39, 0.29) is 20.1 Å². The molecule has 0 aliphatic heterocycles. The van der Waals surface area contributed by atoms with Gasteiger partial charge in [-0.15, -0.1) is 18.2 Å². The van der Waals surface area contributed by atoms with Crippen molar-refractivity contribution < 1.29 is 20.1 Å². The molecular weight excluding hydrogens is 502 g/mol. The summed E-state index contributed by atoms with van der Waals surface area (Å²) >= 11 is 0. The second-order valence-electron chi connectivity index (χ2n) is 6.55. The fourth-order valence-electron chi connectivity index (χ4n) is 3.53. The van der Waals surface area contributed by atoms with Crippen molar-refractivity contribution in [3.63, 3.8) is 0 Å². The van der Waals surface area contributed by atoms with Crippen LogP contribution < -0.4 is 0 Å². The van der Waals surface area contributed by atoms with E-state index >= 15 is 0 Å². The fraction of sp³-hybridized carbons (Fsp3) is 0.250. The number of rotatable bonds is 2. The molecule has 0 saturated heterocycles. The Morgan fingerprint density at radius 1 is 1.04 bits per heavy atom.